The summed E-state index contributed by atoms with van der Waals surface area (Å²) >= 11 is 0. The molecular formula is C18H20ClFN2O3. The van der Waals surface area contributed by atoms with E-state index in [1.165, 1.54) is 24.3 Å². The number of rotatable bonds is 4. The van der Waals surface area contributed by atoms with Crippen LogP contribution in [0.15, 0.2) is 48.5 Å². The summed E-state index contributed by atoms with van der Waals surface area (Å²) < 4.78 is 19.0. The second kappa shape index (κ2) is 8.69. The Morgan fingerprint density at radius 2 is 2.04 bits per heavy atom. The van der Waals surface area contributed by atoms with Crippen molar-refractivity contribution in [3.05, 3.63) is 59.9 Å². The molecule has 1 aliphatic heterocycles. The summed E-state index contributed by atoms with van der Waals surface area (Å²) in [6.45, 7) is 1.71. The lowest BCUT2D eigenvalue weighted by atomic mass is 10.0. The Labute approximate surface area is 151 Å². The van der Waals surface area contributed by atoms with Crippen LogP contribution < -0.4 is 10.1 Å². The fourth-order valence-electron chi connectivity index (χ4n) is 2.78. The average Bonchev–Trinajstić information content (AvgIpc) is 2.61. The second-order valence-corrected chi connectivity index (χ2v) is 5.64. The number of carbonyl (C=O) groups excluding carboxylic acids is 1. The van der Waals surface area contributed by atoms with Gasteiger partial charge in [-0.15, -0.1) is 12.4 Å². The molecule has 0 bridgehead atoms. The zero-order chi connectivity index (χ0) is 16.9. The first-order valence-corrected chi connectivity index (χ1v) is 7.81. The Bertz CT molecular complexity index is 712. The molecule has 2 N–H and O–H groups in total. The molecule has 134 valence electrons. The fraction of sp³-hybridized carbons (Fsp3) is 0.278. The third kappa shape index (κ3) is 4.84. The fourth-order valence-corrected chi connectivity index (χ4v) is 2.78. The van der Waals surface area contributed by atoms with Crippen LogP contribution in [0.5, 0.6) is 11.5 Å². The Morgan fingerprint density at radius 1 is 1.28 bits per heavy atom. The Hall–Kier alpha value is -2.31. The van der Waals surface area contributed by atoms with Gasteiger partial charge in [0.2, 0.25) is 0 Å². The monoisotopic (exact) mass is 366 g/mol. The number of aromatic hydroxyl groups is 1. The molecular weight excluding hydrogens is 347 g/mol. The van der Waals surface area contributed by atoms with Crippen LogP contribution in [0.4, 0.5) is 4.39 Å². The van der Waals surface area contributed by atoms with E-state index >= 15 is 0 Å². The molecule has 7 heteroatoms. The third-order valence-electron chi connectivity index (χ3n) is 4.00. The molecule has 25 heavy (non-hydrogen) atoms. The molecule has 1 fully saturated rings. The molecule has 5 nitrogen and oxygen atoms in total. The van der Waals surface area contributed by atoms with E-state index in [1.54, 1.807) is 23.1 Å². The molecule has 0 radical (unpaired) electrons. The quantitative estimate of drug-likeness (QED) is 0.872. The predicted molar refractivity (Wildman–Crippen MR) is 94.6 cm³/mol. The molecule has 0 aliphatic carbocycles. The highest BCUT2D eigenvalue weighted by atomic mass is 35.5. The van der Waals surface area contributed by atoms with Crippen molar-refractivity contribution in [1.29, 1.82) is 0 Å². The van der Waals surface area contributed by atoms with Crippen LogP contribution in [0.2, 0.25) is 0 Å². The molecule has 2 aromatic rings. The number of ether oxygens (including phenoxy) is 1. The van der Waals surface area contributed by atoms with Crippen molar-refractivity contribution in [2.45, 2.75) is 6.04 Å². The molecule has 1 saturated heterocycles. The van der Waals surface area contributed by atoms with Crippen molar-refractivity contribution >= 4 is 18.3 Å². The maximum Gasteiger partial charge on any atom is 0.261 e. The summed E-state index contributed by atoms with van der Waals surface area (Å²) in [5, 5.41) is 12.5. The molecule has 0 aromatic heterocycles. The van der Waals surface area contributed by atoms with E-state index in [0.717, 1.165) is 5.56 Å². The Kier molecular flexibility index (Phi) is 6.61. The van der Waals surface area contributed by atoms with Crippen LogP contribution in [-0.4, -0.2) is 42.2 Å². The topological polar surface area (TPSA) is 61.8 Å². The van der Waals surface area contributed by atoms with Gasteiger partial charge in [0.05, 0.1) is 6.04 Å². The zero-order valence-electron chi connectivity index (χ0n) is 13.5. The van der Waals surface area contributed by atoms with E-state index in [0.29, 0.717) is 25.4 Å². The number of nitrogens with one attached hydrogen (secondary N) is 1. The van der Waals surface area contributed by atoms with Gasteiger partial charge >= 0.3 is 0 Å². The van der Waals surface area contributed by atoms with Crippen molar-refractivity contribution < 1.29 is 19.0 Å². The molecule has 1 amide bonds. The summed E-state index contributed by atoms with van der Waals surface area (Å²) in [4.78, 5) is 14.3. The van der Waals surface area contributed by atoms with Gasteiger partial charge in [0.25, 0.3) is 5.91 Å². The van der Waals surface area contributed by atoms with E-state index in [9.17, 15) is 14.3 Å². The van der Waals surface area contributed by atoms with E-state index in [-0.39, 0.29) is 42.5 Å². The van der Waals surface area contributed by atoms with E-state index in [2.05, 4.69) is 5.32 Å². The number of phenolic OH excluding ortho intramolecular Hbond substituents is 1. The van der Waals surface area contributed by atoms with Crippen LogP contribution in [0.25, 0.3) is 0 Å². The van der Waals surface area contributed by atoms with Gasteiger partial charge in [0.15, 0.2) is 6.61 Å². The van der Waals surface area contributed by atoms with Crippen molar-refractivity contribution in [2.24, 2.45) is 0 Å². The lowest BCUT2D eigenvalue weighted by molar-refractivity contribution is -0.136. The van der Waals surface area contributed by atoms with Crippen LogP contribution in [0, 0.1) is 5.82 Å². The van der Waals surface area contributed by atoms with Crippen LogP contribution in [0.3, 0.4) is 0 Å². The SMILES string of the molecule is Cl.O=C(COc1ccc(O)cc1)N1CCNCC1c1cccc(F)c1. The van der Waals surface area contributed by atoms with Gasteiger partial charge in [-0.3, -0.25) is 4.79 Å². The molecule has 1 aliphatic rings. The van der Waals surface area contributed by atoms with Crippen LogP contribution >= 0.6 is 12.4 Å². The van der Waals surface area contributed by atoms with Crippen LogP contribution in [-0.2, 0) is 4.79 Å². The van der Waals surface area contributed by atoms with Gasteiger partial charge in [-0.1, -0.05) is 12.1 Å². The largest absolute Gasteiger partial charge is 0.508 e. The maximum atomic E-state index is 13.5. The predicted octanol–water partition coefficient (Wildman–Crippen LogP) is 2.51. The van der Waals surface area contributed by atoms with Gasteiger partial charge in [-0.25, -0.2) is 4.39 Å². The molecule has 0 spiro atoms. The van der Waals surface area contributed by atoms with Gasteiger partial charge in [-0.05, 0) is 42.0 Å². The zero-order valence-corrected chi connectivity index (χ0v) is 14.3. The lowest BCUT2D eigenvalue weighted by Gasteiger charge is -2.36. The molecule has 2 aromatic carbocycles. The molecule has 3 rings (SSSR count). The number of carbonyl (C=O) groups is 1. The van der Waals surface area contributed by atoms with Crippen molar-refractivity contribution in [1.82, 2.24) is 10.2 Å². The van der Waals surface area contributed by atoms with E-state index < -0.39 is 0 Å². The van der Waals surface area contributed by atoms with Gasteiger partial charge in [0, 0.05) is 19.6 Å². The summed E-state index contributed by atoms with van der Waals surface area (Å²) in [6.07, 6.45) is 0. The third-order valence-corrected chi connectivity index (χ3v) is 4.00. The number of benzene rings is 2. The average molecular weight is 367 g/mol. The summed E-state index contributed by atoms with van der Waals surface area (Å²) in [7, 11) is 0. The number of piperazine rings is 1. The smallest absolute Gasteiger partial charge is 0.261 e. The highest BCUT2D eigenvalue weighted by Gasteiger charge is 2.28. The number of amides is 1. The molecule has 1 unspecified atom stereocenters. The first-order chi connectivity index (χ1) is 11.6. The van der Waals surface area contributed by atoms with Crippen LogP contribution in [0.1, 0.15) is 11.6 Å². The summed E-state index contributed by atoms with van der Waals surface area (Å²) in [6, 6.07) is 12.3. The lowest BCUT2D eigenvalue weighted by Crippen LogP contribution is -2.50. The maximum absolute atomic E-state index is 13.5. The second-order valence-electron chi connectivity index (χ2n) is 5.64. The van der Waals surface area contributed by atoms with Gasteiger partial charge < -0.3 is 20.1 Å². The van der Waals surface area contributed by atoms with Crippen molar-refractivity contribution in [2.75, 3.05) is 26.2 Å². The molecule has 1 heterocycles. The highest BCUT2D eigenvalue weighted by Crippen LogP contribution is 2.23. The Morgan fingerprint density at radius 3 is 2.76 bits per heavy atom. The van der Waals surface area contributed by atoms with E-state index in [1.807, 2.05) is 6.07 Å². The number of halogens is 2. The summed E-state index contributed by atoms with van der Waals surface area (Å²) in [5.74, 6) is 0.185. The van der Waals surface area contributed by atoms with Crippen molar-refractivity contribution in [3.8, 4) is 11.5 Å². The minimum atomic E-state index is -0.314. The molecule has 0 saturated carbocycles. The first kappa shape index (κ1) is 19.0. The number of hydrogen-bond donors (Lipinski definition) is 2. The first-order valence-electron chi connectivity index (χ1n) is 7.81. The highest BCUT2D eigenvalue weighted by molar-refractivity contribution is 5.85. The normalized spacial score (nSPS) is 16.8. The standard InChI is InChI=1S/C18H19FN2O3.ClH/c19-14-3-1-2-13(10-14)17-11-20-8-9-21(17)18(23)12-24-16-6-4-15(22)5-7-16;/h1-7,10,17,20,22H,8-9,11-12H2;1H. The molecule has 1 atom stereocenters. The minimum absolute atomic E-state index is 0. The van der Waals surface area contributed by atoms with Crippen molar-refractivity contribution in [3.63, 3.8) is 0 Å². The number of nitrogens with zero attached hydrogens (tertiary/aromatic N) is 1. The number of phenols is 1. The van der Waals surface area contributed by atoms with E-state index in [4.69, 9.17) is 4.74 Å². The Balaban J connectivity index is 0.00000225. The summed E-state index contributed by atoms with van der Waals surface area (Å²) in [5.41, 5.74) is 0.764. The number of hydrogen-bond acceptors (Lipinski definition) is 4. The minimum Gasteiger partial charge on any atom is -0.508 e. The van der Waals surface area contributed by atoms with Gasteiger partial charge in [-0.2, -0.15) is 0 Å². The van der Waals surface area contributed by atoms with Gasteiger partial charge in [0.1, 0.15) is 17.3 Å².